The maximum Gasteiger partial charge on any atom is 0.0642 e. The molecule has 2 N–H and O–H groups in total. The Bertz CT molecular complexity index is 545. The lowest BCUT2D eigenvalue weighted by atomic mass is 9.92. The van der Waals surface area contributed by atoms with E-state index in [0.29, 0.717) is 0 Å². The first-order valence-electron chi connectivity index (χ1n) is 6.27. The average molecular weight is 306 g/mol. The topological polar surface area (TPSA) is 43.8 Å². The Kier molecular flexibility index (Phi) is 3.22. The van der Waals surface area contributed by atoms with Gasteiger partial charge in [-0.05, 0) is 58.5 Å². The molecule has 1 atom stereocenters. The predicted molar refractivity (Wildman–Crippen MR) is 75.3 cm³/mol. The Morgan fingerprint density at radius 2 is 2.28 bits per heavy atom. The third kappa shape index (κ3) is 2.35. The number of fused-ring (bicyclic) bond motifs is 1. The van der Waals surface area contributed by atoms with Crippen LogP contribution < -0.4 is 5.73 Å². The second kappa shape index (κ2) is 4.86. The fourth-order valence-corrected chi connectivity index (χ4v) is 2.80. The third-order valence-corrected chi connectivity index (χ3v) is 3.96. The molecule has 0 aromatic carbocycles. The fraction of sp³-hybridized carbons (Fsp3) is 0.357. The number of rotatable bonds is 2. The SMILES string of the molecule is NC1CCCc2cn(Cc3ccc(Br)cn3)cc21. The highest BCUT2D eigenvalue weighted by atomic mass is 79.9. The van der Waals surface area contributed by atoms with Crippen molar-refractivity contribution < 1.29 is 0 Å². The molecule has 1 unspecified atom stereocenters. The molecule has 0 amide bonds. The minimum Gasteiger partial charge on any atom is -0.348 e. The Hall–Kier alpha value is -1.13. The van der Waals surface area contributed by atoms with Crippen LogP contribution in [0.2, 0.25) is 0 Å². The molecule has 1 aliphatic carbocycles. The fourth-order valence-electron chi connectivity index (χ4n) is 2.56. The lowest BCUT2D eigenvalue weighted by Gasteiger charge is -2.17. The van der Waals surface area contributed by atoms with Gasteiger partial charge in [0.1, 0.15) is 0 Å². The third-order valence-electron chi connectivity index (χ3n) is 3.49. The number of halogens is 1. The van der Waals surface area contributed by atoms with Crippen LogP contribution in [0, 0.1) is 0 Å². The molecule has 0 aliphatic heterocycles. The summed E-state index contributed by atoms with van der Waals surface area (Å²) in [5, 5.41) is 0. The summed E-state index contributed by atoms with van der Waals surface area (Å²) < 4.78 is 3.21. The number of aromatic nitrogens is 2. The van der Waals surface area contributed by atoms with Crippen LogP contribution in [0.5, 0.6) is 0 Å². The number of aryl methyl sites for hydroxylation is 1. The van der Waals surface area contributed by atoms with E-state index in [4.69, 9.17) is 5.73 Å². The van der Waals surface area contributed by atoms with Gasteiger partial charge in [0.2, 0.25) is 0 Å². The van der Waals surface area contributed by atoms with Crippen molar-refractivity contribution in [2.24, 2.45) is 5.73 Å². The van der Waals surface area contributed by atoms with Gasteiger partial charge in [-0.25, -0.2) is 0 Å². The van der Waals surface area contributed by atoms with E-state index >= 15 is 0 Å². The quantitative estimate of drug-likeness (QED) is 0.927. The van der Waals surface area contributed by atoms with E-state index in [2.05, 4.69) is 37.9 Å². The zero-order valence-electron chi connectivity index (χ0n) is 10.1. The lowest BCUT2D eigenvalue weighted by Crippen LogP contribution is -2.15. The molecule has 2 aromatic heterocycles. The molecule has 4 heteroatoms. The van der Waals surface area contributed by atoms with Crippen molar-refractivity contribution in [3.8, 4) is 0 Å². The number of hydrogen-bond donors (Lipinski definition) is 1. The first kappa shape index (κ1) is 11.9. The standard InChI is InChI=1S/C14H16BrN3/c15-11-4-5-12(17-6-11)8-18-7-10-2-1-3-14(16)13(10)9-18/h4-7,9,14H,1-3,8,16H2. The summed E-state index contributed by atoms with van der Waals surface area (Å²) in [4.78, 5) is 4.40. The molecule has 1 aliphatic rings. The Morgan fingerprint density at radius 3 is 3.00 bits per heavy atom. The van der Waals surface area contributed by atoms with Crippen molar-refractivity contribution in [2.75, 3.05) is 0 Å². The van der Waals surface area contributed by atoms with Gasteiger partial charge in [-0.15, -0.1) is 0 Å². The minimum absolute atomic E-state index is 0.216. The van der Waals surface area contributed by atoms with Gasteiger partial charge < -0.3 is 10.3 Å². The smallest absolute Gasteiger partial charge is 0.0642 e. The van der Waals surface area contributed by atoms with Crippen molar-refractivity contribution in [3.05, 3.63) is 52.0 Å². The van der Waals surface area contributed by atoms with Gasteiger partial charge in [0.15, 0.2) is 0 Å². The van der Waals surface area contributed by atoms with E-state index in [1.165, 1.54) is 17.5 Å². The lowest BCUT2D eigenvalue weighted by molar-refractivity contribution is 0.573. The first-order valence-corrected chi connectivity index (χ1v) is 7.06. The van der Waals surface area contributed by atoms with Gasteiger partial charge >= 0.3 is 0 Å². The summed E-state index contributed by atoms with van der Waals surface area (Å²) in [6.07, 6.45) is 9.71. The molecular formula is C14H16BrN3. The summed E-state index contributed by atoms with van der Waals surface area (Å²) in [7, 11) is 0. The zero-order valence-corrected chi connectivity index (χ0v) is 11.7. The average Bonchev–Trinajstić information content (AvgIpc) is 2.76. The molecular weight excluding hydrogens is 290 g/mol. The highest BCUT2D eigenvalue weighted by Crippen LogP contribution is 2.28. The van der Waals surface area contributed by atoms with Crippen LogP contribution in [0.25, 0.3) is 0 Å². The number of nitrogens with zero attached hydrogens (tertiary/aromatic N) is 2. The van der Waals surface area contributed by atoms with Crippen LogP contribution in [-0.2, 0) is 13.0 Å². The summed E-state index contributed by atoms with van der Waals surface area (Å²) >= 11 is 3.40. The monoisotopic (exact) mass is 305 g/mol. The molecule has 18 heavy (non-hydrogen) atoms. The summed E-state index contributed by atoms with van der Waals surface area (Å²) in [6.45, 7) is 0.812. The highest BCUT2D eigenvalue weighted by molar-refractivity contribution is 9.10. The Morgan fingerprint density at radius 1 is 1.39 bits per heavy atom. The molecule has 0 radical (unpaired) electrons. The van der Waals surface area contributed by atoms with Gasteiger partial charge in [0.05, 0.1) is 12.2 Å². The predicted octanol–water partition coefficient (Wildman–Crippen LogP) is 3.03. The molecule has 0 fully saturated rings. The molecule has 2 heterocycles. The number of pyridine rings is 1. The van der Waals surface area contributed by atoms with Crippen LogP contribution in [0.1, 0.15) is 35.7 Å². The second-order valence-electron chi connectivity index (χ2n) is 4.88. The van der Waals surface area contributed by atoms with Crippen molar-refractivity contribution >= 4 is 15.9 Å². The van der Waals surface area contributed by atoms with E-state index in [1.807, 2.05) is 18.3 Å². The van der Waals surface area contributed by atoms with Gasteiger partial charge in [-0.2, -0.15) is 0 Å². The second-order valence-corrected chi connectivity index (χ2v) is 5.79. The van der Waals surface area contributed by atoms with Crippen LogP contribution in [-0.4, -0.2) is 9.55 Å². The normalized spacial score (nSPS) is 18.7. The molecule has 0 spiro atoms. The number of hydrogen-bond acceptors (Lipinski definition) is 2. The maximum atomic E-state index is 6.14. The minimum atomic E-state index is 0.216. The van der Waals surface area contributed by atoms with Crippen molar-refractivity contribution in [3.63, 3.8) is 0 Å². The van der Waals surface area contributed by atoms with E-state index in [1.54, 1.807) is 0 Å². The highest BCUT2D eigenvalue weighted by Gasteiger charge is 2.18. The summed E-state index contributed by atoms with van der Waals surface area (Å²) in [5.41, 5.74) is 9.93. The molecule has 0 saturated heterocycles. The Labute approximate surface area is 115 Å². The van der Waals surface area contributed by atoms with E-state index in [-0.39, 0.29) is 6.04 Å². The summed E-state index contributed by atoms with van der Waals surface area (Å²) in [5.74, 6) is 0. The largest absolute Gasteiger partial charge is 0.348 e. The van der Waals surface area contributed by atoms with Crippen molar-refractivity contribution in [1.82, 2.24) is 9.55 Å². The van der Waals surface area contributed by atoms with Gasteiger partial charge in [-0.1, -0.05) is 0 Å². The van der Waals surface area contributed by atoms with Crippen LogP contribution in [0.15, 0.2) is 35.2 Å². The summed E-state index contributed by atoms with van der Waals surface area (Å²) in [6, 6.07) is 4.29. The molecule has 3 nitrogen and oxygen atoms in total. The van der Waals surface area contributed by atoms with E-state index in [9.17, 15) is 0 Å². The first-order chi connectivity index (χ1) is 8.72. The maximum absolute atomic E-state index is 6.14. The molecule has 3 rings (SSSR count). The molecule has 2 aromatic rings. The van der Waals surface area contributed by atoms with Gasteiger partial charge in [0.25, 0.3) is 0 Å². The van der Waals surface area contributed by atoms with E-state index < -0.39 is 0 Å². The van der Waals surface area contributed by atoms with Crippen LogP contribution in [0.4, 0.5) is 0 Å². The molecule has 0 bridgehead atoms. The van der Waals surface area contributed by atoms with Crippen LogP contribution in [0.3, 0.4) is 0 Å². The Balaban J connectivity index is 1.83. The van der Waals surface area contributed by atoms with E-state index in [0.717, 1.165) is 29.6 Å². The van der Waals surface area contributed by atoms with Crippen molar-refractivity contribution in [1.29, 1.82) is 0 Å². The van der Waals surface area contributed by atoms with Crippen molar-refractivity contribution in [2.45, 2.75) is 31.8 Å². The van der Waals surface area contributed by atoms with Gasteiger partial charge in [-0.3, -0.25) is 4.98 Å². The van der Waals surface area contributed by atoms with Gasteiger partial charge in [0, 0.05) is 29.1 Å². The van der Waals surface area contributed by atoms with Crippen LogP contribution >= 0.6 is 15.9 Å². The molecule has 94 valence electrons. The molecule has 0 saturated carbocycles. The number of nitrogens with two attached hydrogens (primary N) is 1. The zero-order chi connectivity index (χ0) is 12.5.